The van der Waals surface area contributed by atoms with Gasteiger partial charge in [-0.1, -0.05) is 6.07 Å². The van der Waals surface area contributed by atoms with Crippen molar-refractivity contribution < 1.29 is 0 Å². The molecule has 102 valence electrons. The quantitative estimate of drug-likeness (QED) is 0.889. The molecular formula is C15H22N4. The summed E-state index contributed by atoms with van der Waals surface area (Å²) < 4.78 is 2.06. The summed E-state index contributed by atoms with van der Waals surface area (Å²) in [5.41, 5.74) is 3.61. The molecule has 3 rings (SSSR count). The molecule has 2 aromatic rings. The average molecular weight is 258 g/mol. The molecule has 1 atom stereocenters. The van der Waals surface area contributed by atoms with E-state index < -0.39 is 0 Å². The van der Waals surface area contributed by atoms with Crippen molar-refractivity contribution in [2.75, 3.05) is 20.6 Å². The van der Waals surface area contributed by atoms with Crippen LogP contribution < -0.4 is 5.32 Å². The third-order valence-electron chi connectivity index (χ3n) is 3.93. The smallest absolute Gasteiger partial charge is 0.0955 e. The Labute approximate surface area is 114 Å². The first kappa shape index (κ1) is 12.6. The number of imidazole rings is 1. The van der Waals surface area contributed by atoms with Crippen molar-refractivity contribution in [1.29, 1.82) is 0 Å². The van der Waals surface area contributed by atoms with Gasteiger partial charge in [-0.05, 0) is 44.6 Å². The summed E-state index contributed by atoms with van der Waals surface area (Å²) in [6.45, 7) is 1.01. The molecule has 1 N–H and O–H groups in total. The Morgan fingerprint density at radius 1 is 1.42 bits per heavy atom. The molecule has 0 amide bonds. The summed E-state index contributed by atoms with van der Waals surface area (Å²) in [6, 6.07) is 7.77. The van der Waals surface area contributed by atoms with E-state index in [1.54, 1.807) is 0 Å². The lowest BCUT2D eigenvalue weighted by atomic mass is 10.1. The zero-order valence-corrected chi connectivity index (χ0v) is 11.9. The van der Waals surface area contributed by atoms with Gasteiger partial charge < -0.3 is 14.8 Å². The summed E-state index contributed by atoms with van der Waals surface area (Å²) >= 11 is 0. The van der Waals surface area contributed by atoms with Gasteiger partial charge in [0.15, 0.2) is 0 Å². The highest BCUT2D eigenvalue weighted by atomic mass is 15.1. The molecule has 1 aromatic heterocycles. The highest BCUT2D eigenvalue weighted by Gasteiger charge is 2.23. The first-order valence-corrected chi connectivity index (χ1v) is 6.96. The Morgan fingerprint density at radius 3 is 2.89 bits per heavy atom. The highest BCUT2D eigenvalue weighted by Crippen LogP contribution is 2.24. The van der Waals surface area contributed by atoms with Crippen molar-refractivity contribution >= 4 is 11.0 Å². The summed E-state index contributed by atoms with van der Waals surface area (Å²) in [5, 5.41) is 3.62. The maximum absolute atomic E-state index is 4.45. The second-order valence-corrected chi connectivity index (χ2v) is 5.77. The third-order valence-corrected chi connectivity index (χ3v) is 3.93. The number of aromatic nitrogens is 2. The lowest BCUT2D eigenvalue weighted by Gasteiger charge is -2.25. The van der Waals surface area contributed by atoms with Gasteiger partial charge in [0.25, 0.3) is 0 Å². The maximum atomic E-state index is 4.45. The molecule has 1 aromatic carbocycles. The molecule has 1 aliphatic carbocycles. The van der Waals surface area contributed by atoms with Crippen molar-refractivity contribution in [1.82, 2.24) is 19.8 Å². The van der Waals surface area contributed by atoms with E-state index >= 15 is 0 Å². The van der Waals surface area contributed by atoms with Gasteiger partial charge in [-0.3, -0.25) is 0 Å². The number of likely N-dealkylation sites (N-methyl/N-ethyl adjacent to an activating group) is 1. The monoisotopic (exact) mass is 258 g/mol. The minimum absolute atomic E-state index is 0.409. The fraction of sp³-hybridized carbons (Fsp3) is 0.533. The van der Waals surface area contributed by atoms with E-state index in [0.717, 1.165) is 18.1 Å². The Morgan fingerprint density at radius 2 is 2.21 bits per heavy atom. The Hall–Kier alpha value is -1.39. The molecule has 1 heterocycles. The van der Waals surface area contributed by atoms with Gasteiger partial charge in [0.05, 0.1) is 17.4 Å². The van der Waals surface area contributed by atoms with Crippen LogP contribution in [0.15, 0.2) is 24.5 Å². The molecule has 1 aliphatic rings. The minimum atomic E-state index is 0.409. The first-order valence-electron chi connectivity index (χ1n) is 6.96. The molecule has 0 bridgehead atoms. The van der Waals surface area contributed by atoms with Crippen LogP contribution in [0.3, 0.4) is 0 Å². The molecule has 4 heteroatoms. The normalized spacial score (nSPS) is 17.3. The van der Waals surface area contributed by atoms with Crippen LogP contribution in [-0.2, 0) is 7.05 Å². The van der Waals surface area contributed by atoms with Crippen molar-refractivity contribution in [3.63, 3.8) is 0 Å². The van der Waals surface area contributed by atoms with Crippen LogP contribution in [0, 0.1) is 0 Å². The fourth-order valence-electron chi connectivity index (χ4n) is 2.52. The van der Waals surface area contributed by atoms with Crippen LogP contribution in [-0.4, -0.2) is 41.1 Å². The number of benzene rings is 1. The van der Waals surface area contributed by atoms with Crippen LogP contribution in [0.1, 0.15) is 24.4 Å². The molecule has 0 radical (unpaired) electrons. The van der Waals surface area contributed by atoms with Gasteiger partial charge in [-0.25, -0.2) is 4.98 Å². The highest BCUT2D eigenvalue weighted by molar-refractivity contribution is 5.76. The maximum Gasteiger partial charge on any atom is 0.0955 e. The second-order valence-electron chi connectivity index (χ2n) is 5.77. The molecule has 0 saturated heterocycles. The van der Waals surface area contributed by atoms with E-state index in [1.807, 2.05) is 13.4 Å². The summed E-state index contributed by atoms with van der Waals surface area (Å²) in [7, 11) is 6.32. The minimum Gasteiger partial charge on any atom is -0.334 e. The predicted octanol–water partition coefficient (Wildman–Crippen LogP) is 1.93. The SMILES string of the molecule is CN(C)C(CNC1CC1)c1ccc2c(c1)ncn2C. The zero-order chi connectivity index (χ0) is 13.4. The predicted molar refractivity (Wildman–Crippen MR) is 78.2 cm³/mol. The number of rotatable bonds is 5. The van der Waals surface area contributed by atoms with Crippen molar-refractivity contribution in [2.24, 2.45) is 7.05 Å². The van der Waals surface area contributed by atoms with Gasteiger partial charge in [-0.15, -0.1) is 0 Å². The second kappa shape index (κ2) is 4.94. The molecule has 19 heavy (non-hydrogen) atoms. The van der Waals surface area contributed by atoms with E-state index in [4.69, 9.17) is 0 Å². The van der Waals surface area contributed by atoms with E-state index in [0.29, 0.717) is 6.04 Å². The van der Waals surface area contributed by atoms with E-state index in [2.05, 4.69) is 52.1 Å². The molecule has 1 fully saturated rings. The van der Waals surface area contributed by atoms with Gasteiger partial charge in [0, 0.05) is 25.7 Å². The number of nitrogens with zero attached hydrogens (tertiary/aromatic N) is 3. The Kier molecular flexibility index (Phi) is 3.29. The third kappa shape index (κ3) is 2.65. The Bertz CT molecular complexity index is 569. The largest absolute Gasteiger partial charge is 0.334 e. The number of hydrogen-bond donors (Lipinski definition) is 1. The number of hydrogen-bond acceptors (Lipinski definition) is 3. The van der Waals surface area contributed by atoms with Gasteiger partial charge in [-0.2, -0.15) is 0 Å². The zero-order valence-electron chi connectivity index (χ0n) is 11.9. The van der Waals surface area contributed by atoms with Gasteiger partial charge >= 0.3 is 0 Å². The molecule has 0 spiro atoms. The summed E-state index contributed by atoms with van der Waals surface area (Å²) in [6.07, 6.45) is 4.54. The van der Waals surface area contributed by atoms with Crippen molar-refractivity contribution in [3.8, 4) is 0 Å². The molecular weight excluding hydrogens is 236 g/mol. The van der Waals surface area contributed by atoms with Crippen LogP contribution in [0.2, 0.25) is 0 Å². The van der Waals surface area contributed by atoms with Crippen molar-refractivity contribution in [2.45, 2.75) is 24.9 Å². The lowest BCUT2D eigenvalue weighted by molar-refractivity contribution is 0.288. The van der Waals surface area contributed by atoms with Crippen LogP contribution in [0.25, 0.3) is 11.0 Å². The number of fused-ring (bicyclic) bond motifs is 1. The van der Waals surface area contributed by atoms with Crippen LogP contribution in [0.4, 0.5) is 0 Å². The topological polar surface area (TPSA) is 33.1 Å². The van der Waals surface area contributed by atoms with Crippen LogP contribution >= 0.6 is 0 Å². The Balaban J connectivity index is 1.85. The summed E-state index contributed by atoms with van der Waals surface area (Å²) in [5.74, 6) is 0. The average Bonchev–Trinajstić information content (AvgIpc) is 3.13. The first-order chi connectivity index (χ1) is 9.15. The number of aryl methyl sites for hydroxylation is 1. The van der Waals surface area contributed by atoms with Crippen LogP contribution in [0.5, 0.6) is 0 Å². The molecule has 1 saturated carbocycles. The van der Waals surface area contributed by atoms with Gasteiger partial charge in [0.2, 0.25) is 0 Å². The van der Waals surface area contributed by atoms with E-state index in [-0.39, 0.29) is 0 Å². The molecule has 1 unspecified atom stereocenters. The fourth-order valence-corrected chi connectivity index (χ4v) is 2.52. The van der Waals surface area contributed by atoms with Gasteiger partial charge in [0.1, 0.15) is 0 Å². The van der Waals surface area contributed by atoms with Crippen molar-refractivity contribution in [3.05, 3.63) is 30.1 Å². The molecule has 4 nitrogen and oxygen atoms in total. The van der Waals surface area contributed by atoms with E-state index in [9.17, 15) is 0 Å². The standard InChI is InChI=1S/C15H22N4/c1-18(2)15(9-16-12-5-6-12)11-4-7-14-13(8-11)17-10-19(14)3/h4,7-8,10,12,15-16H,5-6,9H2,1-3H3. The summed E-state index contributed by atoms with van der Waals surface area (Å²) in [4.78, 5) is 6.73. The lowest BCUT2D eigenvalue weighted by Crippen LogP contribution is -2.32. The van der Waals surface area contributed by atoms with E-state index in [1.165, 1.54) is 23.9 Å². The molecule has 0 aliphatic heterocycles. The number of nitrogens with one attached hydrogen (secondary N) is 1.